The highest BCUT2D eigenvalue weighted by Crippen LogP contribution is 2.54. The van der Waals surface area contributed by atoms with Crippen molar-refractivity contribution < 1.29 is 50.9 Å². The Morgan fingerprint density at radius 1 is 0.895 bits per heavy atom. The number of aromatic nitrogens is 4. The van der Waals surface area contributed by atoms with E-state index in [1.807, 2.05) is 28.1 Å². The molecule has 1 saturated carbocycles. The fourth-order valence-electron chi connectivity index (χ4n) is 14.5. The molecule has 6 aromatic rings. The number of anilines is 5. The number of halogens is 1. The predicted octanol–water partition coefficient (Wildman–Crippen LogP) is 7.27. The zero-order valence-corrected chi connectivity index (χ0v) is 49.1. The van der Waals surface area contributed by atoms with Crippen molar-refractivity contribution in [3.63, 3.8) is 0 Å². The molecule has 1 aliphatic carbocycles. The van der Waals surface area contributed by atoms with Gasteiger partial charge in [0.15, 0.2) is 34.6 Å². The van der Waals surface area contributed by atoms with Crippen molar-refractivity contribution in [1.82, 2.24) is 34.5 Å². The summed E-state index contributed by atoms with van der Waals surface area (Å²) in [7, 11) is -3.17. The van der Waals surface area contributed by atoms with Gasteiger partial charge in [0, 0.05) is 114 Å². The summed E-state index contributed by atoms with van der Waals surface area (Å²) in [5, 5.41) is 16.6. The molecular formula is C61H71FN12O11S. The number of methoxy groups -OCH3 is 1. The summed E-state index contributed by atoms with van der Waals surface area (Å²) in [5.41, 5.74) is 3.89. The van der Waals surface area contributed by atoms with E-state index >= 15 is 4.39 Å². The molecule has 3 N–H and O–H groups in total. The highest BCUT2D eigenvalue weighted by Gasteiger charge is 2.51. The molecule has 11 heterocycles. The first-order valence-electron chi connectivity index (χ1n) is 30.0. The van der Waals surface area contributed by atoms with E-state index in [1.165, 1.54) is 11.1 Å². The number of amides is 1. The minimum absolute atomic E-state index is 0.00105. The molecule has 25 heteroatoms. The molecule has 4 aromatic heterocycles. The van der Waals surface area contributed by atoms with Crippen LogP contribution in [0.5, 0.6) is 17.4 Å². The number of piperazine rings is 1. The van der Waals surface area contributed by atoms with Crippen LogP contribution in [0.3, 0.4) is 0 Å². The number of sulfonamides is 1. The normalized spacial score (nSPS) is 23.7. The first-order valence-corrected chi connectivity index (χ1v) is 31.5. The number of nitrogens with one attached hydrogen (secondary N) is 3. The molecule has 0 bridgehead atoms. The van der Waals surface area contributed by atoms with E-state index in [9.17, 15) is 23.3 Å². The molecule has 0 radical (unpaired) electrons. The van der Waals surface area contributed by atoms with Crippen molar-refractivity contribution in [3.05, 3.63) is 111 Å². The van der Waals surface area contributed by atoms with Gasteiger partial charge in [-0.05, 0) is 104 Å². The molecule has 1 amide bonds. The number of ether oxygens (including phenoxy) is 6. The largest absolute Gasteiger partial charge is 0.493 e. The Morgan fingerprint density at radius 2 is 1.67 bits per heavy atom. The summed E-state index contributed by atoms with van der Waals surface area (Å²) < 4.78 is 83.7. The lowest BCUT2D eigenvalue weighted by molar-refractivity contribution is -0.384. The first kappa shape index (κ1) is 56.4. The van der Waals surface area contributed by atoms with Gasteiger partial charge in [-0.3, -0.25) is 24.7 Å². The number of nitro benzene ring substituents is 1. The van der Waals surface area contributed by atoms with Gasteiger partial charge in [0.1, 0.15) is 29.9 Å². The van der Waals surface area contributed by atoms with Crippen LogP contribution in [0, 0.1) is 34.2 Å². The van der Waals surface area contributed by atoms with Crippen molar-refractivity contribution in [3.8, 4) is 17.4 Å². The molecular weight excluding hydrogens is 1130 g/mol. The maximum Gasteiger partial charge on any atom is 0.297 e. The fourth-order valence-corrected chi connectivity index (χ4v) is 15.5. The van der Waals surface area contributed by atoms with Crippen LogP contribution >= 0.6 is 0 Å². The number of nitro groups is 1. The van der Waals surface area contributed by atoms with Gasteiger partial charge < -0.3 is 53.4 Å². The molecule has 23 nitrogen and oxygen atoms in total. The molecule has 4 atom stereocenters. The van der Waals surface area contributed by atoms with Gasteiger partial charge >= 0.3 is 0 Å². The molecule has 14 rings (SSSR count). The number of benzene rings is 2. The van der Waals surface area contributed by atoms with E-state index in [0.717, 1.165) is 119 Å². The van der Waals surface area contributed by atoms with E-state index in [4.69, 9.17) is 43.4 Å². The third kappa shape index (κ3) is 10.7. The number of H-pyrrole nitrogens is 1. The zero-order chi connectivity index (χ0) is 58.8. The summed E-state index contributed by atoms with van der Waals surface area (Å²) in [5.74, 6) is -0.0330. The topological polar surface area (TPSA) is 244 Å². The monoisotopic (exact) mass is 1200 g/mol. The molecule has 7 aliphatic heterocycles. The average Bonchev–Trinajstić information content (AvgIpc) is 1.07. The number of hydrogen-bond donors (Lipinski definition) is 3. The second kappa shape index (κ2) is 23.0. The number of carbonyl (C=O) groups is 1. The summed E-state index contributed by atoms with van der Waals surface area (Å²) in [6, 6.07) is 17.4. The van der Waals surface area contributed by atoms with Crippen molar-refractivity contribution in [1.29, 1.82) is 0 Å². The van der Waals surface area contributed by atoms with Crippen LogP contribution in [0.25, 0.3) is 11.0 Å². The van der Waals surface area contributed by atoms with Crippen molar-refractivity contribution in [2.45, 2.75) is 93.6 Å². The average molecular weight is 1200 g/mol. The SMILES string of the molecule is COc1cc(CN2CCN(C3CC4(CCN(c5nc(N6c7cc8cc[nH]c8nc7O[C@H]7COCC[C@@H]76)c(C(=O)NS(=O)(=O)c6cc7c(c([N+](=O)[O-])c6)N[C@H](C6CCOCC6)CO7)cc5F)CC4)C3)[C@H](c3ccccc3C)C2)cnc1N1CCOCC1. The third-order valence-electron chi connectivity index (χ3n) is 19.2. The summed E-state index contributed by atoms with van der Waals surface area (Å²) in [6.45, 7) is 11.3. The maximum atomic E-state index is 17.3. The highest BCUT2D eigenvalue weighted by atomic mass is 32.2. The Morgan fingerprint density at radius 3 is 2.47 bits per heavy atom. The Balaban J connectivity index is 0.724. The van der Waals surface area contributed by atoms with Crippen molar-refractivity contribution >= 4 is 61.5 Å². The van der Waals surface area contributed by atoms with Crippen LogP contribution in [0.1, 0.15) is 78.0 Å². The van der Waals surface area contributed by atoms with Gasteiger partial charge in [-0.2, -0.15) is 4.98 Å². The number of piperidine rings is 1. The minimum atomic E-state index is -4.88. The predicted molar refractivity (Wildman–Crippen MR) is 317 cm³/mol. The third-order valence-corrected chi connectivity index (χ3v) is 20.5. The molecule has 1 spiro atoms. The Hall–Kier alpha value is -7.42. The summed E-state index contributed by atoms with van der Waals surface area (Å²) in [6.07, 6.45) is 8.64. The Bertz CT molecular complexity index is 3680. The number of rotatable bonds is 13. The molecule has 6 fully saturated rings. The standard InChI is InChI=1S/C61H71FN12O11S/c1-37-5-3-4-6-43(37)50-34-69(33-38-25-52(80-2)58(64-32-38)71-18-23-82-24-19-71)16-17-72(50)41-30-61(31-41)11-14-70(15-12-61)57-45(62)29-44(56(67-57)73-47-10-22-83-36-53(47)85-60-49(73)26-40-7-13-63-55(40)66-60)59(75)68-86(78,79)42-27-48(74(76)77)54-51(28-42)84-35-46(65-54)39-8-20-81-21-9-39/h3-7,13,25-29,32,39,41,46-47,50,53,65H,8-12,14-24,30-31,33-36H2,1-2H3,(H,63,66)(H,68,75)/t46-,47-,50-,53-/m0/s1. The van der Waals surface area contributed by atoms with Crippen LogP contribution in [0.15, 0.2) is 78.0 Å². The molecule has 86 heavy (non-hydrogen) atoms. The molecule has 454 valence electrons. The van der Waals surface area contributed by atoms with Gasteiger partial charge in [0.05, 0.1) is 54.4 Å². The van der Waals surface area contributed by atoms with Gasteiger partial charge in [0.25, 0.3) is 21.6 Å². The molecule has 0 unspecified atom stereocenters. The van der Waals surface area contributed by atoms with E-state index in [-0.39, 0.29) is 71.1 Å². The van der Waals surface area contributed by atoms with Crippen LogP contribution in [0.4, 0.5) is 38.9 Å². The van der Waals surface area contributed by atoms with E-state index in [1.54, 1.807) is 13.3 Å². The maximum absolute atomic E-state index is 17.3. The number of carbonyl (C=O) groups excluding carboxylic acids is 1. The number of nitrogens with zero attached hydrogens (tertiary/aromatic N) is 9. The zero-order valence-electron chi connectivity index (χ0n) is 48.3. The van der Waals surface area contributed by atoms with E-state index in [0.29, 0.717) is 69.9 Å². The number of hydrogen-bond acceptors (Lipinski definition) is 20. The van der Waals surface area contributed by atoms with Crippen LogP contribution in [-0.2, 0) is 30.8 Å². The number of morpholine rings is 1. The molecule has 5 saturated heterocycles. The van der Waals surface area contributed by atoms with E-state index < -0.39 is 49.4 Å². The van der Waals surface area contributed by atoms with Gasteiger partial charge in [-0.15, -0.1) is 0 Å². The van der Waals surface area contributed by atoms with Crippen LogP contribution in [0.2, 0.25) is 0 Å². The lowest BCUT2D eigenvalue weighted by Gasteiger charge is -2.58. The molecule has 2 aromatic carbocycles. The minimum Gasteiger partial charge on any atom is -0.493 e. The lowest BCUT2D eigenvalue weighted by Crippen LogP contribution is -2.60. The number of aryl methyl sites for hydroxylation is 1. The van der Waals surface area contributed by atoms with Crippen molar-refractivity contribution in [2.24, 2.45) is 11.3 Å². The summed E-state index contributed by atoms with van der Waals surface area (Å²) >= 11 is 0. The number of aromatic amines is 1. The second-order valence-electron chi connectivity index (χ2n) is 24.2. The Kier molecular flexibility index (Phi) is 15.1. The van der Waals surface area contributed by atoms with Crippen LogP contribution < -0.4 is 38.9 Å². The fraction of sp³-hybridized carbons (Fsp3) is 0.508. The Labute approximate surface area is 497 Å². The van der Waals surface area contributed by atoms with E-state index in [2.05, 4.69) is 67.0 Å². The van der Waals surface area contributed by atoms with Crippen LogP contribution in [-0.4, -0.2) is 172 Å². The van der Waals surface area contributed by atoms with Crippen molar-refractivity contribution in [2.75, 3.05) is 119 Å². The quantitative estimate of drug-likeness (QED) is 0.0760. The number of fused-ring (bicyclic) bond motifs is 4. The lowest BCUT2D eigenvalue weighted by atomic mass is 9.59. The van der Waals surface area contributed by atoms with Gasteiger partial charge in [-0.25, -0.2) is 27.5 Å². The molecule has 8 aliphatic rings. The second-order valence-corrected chi connectivity index (χ2v) is 25.9. The summed E-state index contributed by atoms with van der Waals surface area (Å²) in [4.78, 5) is 55.4. The number of pyridine rings is 3. The first-order chi connectivity index (χ1) is 41.8. The highest BCUT2D eigenvalue weighted by molar-refractivity contribution is 7.90. The van der Waals surface area contributed by atoms with Gasteiger partial charge in [0.2, 0.25) is 5.88 Å². The smallest absolute Gasteiger partial charge is 0.297 e. The van der Waals surface area contributed by atoms with Gasteiger partial charge in [-0.1, -0.05) is 24.3 Å².